The molecule has 0 bridgehead atoms. The first-order valence-electron chi connectivity index (χ1n) is 8.48. The number of aromatic nitrogens is 2. The Morgan fingerprint density at radius 3 is 2.44 bits per heavy atom. The first-order valence-corrected chi connectivity index (χ1v) is 9.36. The van der Waals surface area contributed by atoms with Crippen molar-refractivity contribution in [2.24, 2.45) is 0 Å². The molecule has 0 saturated carbocycles. The van der Waals surface area contributed by atoms with Crippen LogP contribution in [-0.4, -0.2) is 24.2 Å². The first kappa shape index (κ1) is 17.3. The van der Waals surface area contributed by atoms with Crippen molar-refractivity contribution in [1.29, 1.82) is 0 Å². The molecule has 0 amide bonds. The van der Waals surface area contributed by atoms with Gasteiger partial charge in [0.2, 0.25) is 0 Å². The van der Waals surface area contributed by atoms with Crippen LogP contribution in [0.1, 0.15) is 5.56 Å². The number of hydrogen-bond donors (Lipinski definition) is 1. The number of aryl methyl sites for hydroxylation is 1. The topological polar surface area (TPSA) is 56.3 Å². The number of ether oxygens (including phenoxy) is 2. The monoisotopic (exact) mass is 377 g/mol. The molecule has 2 aromatic carbocycles. The minimum absolute atomic E-state index is 0.694. The van der Waals surface area contributed by atoms with E-state index in [9.17, 15) is 0 Å². The molecule has 27 heavy (non-hydrogen) atoms. The van der Waals surface area contributed by atoms with E-state index in [4.69, 9.17) is 9.47 Å². The summed E-state index contributed by atoms with van der Waals surface area (Å²) >= 11 is 1.60. The Bertz CT molecular complexity index is 1090. The Balaban J connectivity index is 1.82. The summed E-state index contributed by atoms with van der Waals surface area (Å²) in [6, 6.07) is 14.1. The van der Waals surface area contributed by atoms with Gasteiger partial charge >= 0.3 is 0 Å². The van der Waals surface area contributed by atoms with Crippen LogP contribution in [0.25, 0.3) is 21.3 Å². The van der Waals surface area contributed by atoms with Gasteiger partial charge in [0.25, 0.3) is 0 Å². The smallest absolute Gasteiger partial charge is 0.161 e. The molecule has 0 atom stereocenters. The zero-order valence-electron chi connectivity index (χ0n) is 15.3. The van der Waals surface area contributed by atoms with Crippen LogP contribution in [-0.2, 0) is 0 Å². The molecule has 0 aliphatic heterocycles. The third kappa shape index (κ3) is 3.31. The third-order valence-corrected chi connectivity index (χ3v) is 5.27. The molecule has 0 aliphatic rings. The van der Waals surface area contributed by atoms with Gasteiger partial charge in [-0.25, -0.2) is 9.97 Å². The molecular formula is C21H19N3O2S. The van der Waals surface area contributed by atoms with Crippen LogP contribution >= 0.6 is 11.3 Å². The van der Waals surface area contributed by atoms with Gasteiger partial charge in [0.1, 0.15) is 17.0 Å². The molecule has 2 aromatic heterocycles. The van der Waals surface area contributed by atoms with E-state index >= 15 is 0 Å². The third-order valence-electron chi connectivity index (χ3n) is 4.38. The molecule has 4 rings (SSSR count). The lowest BCUT2D eigenvalue weighted by atomic mass is 10.1. The number of thiophene rings is 1. The molecular weight excluding hydrogens is 358 g/mol. The molecule has 0 saturated heterocycles. The predicted octanol–water partition coefficient (Wildman–Crippen LogP) is 5.43. The van der Waals surface area contributed by atoms with E-state index < -0.39 is 0 Å². The summed E-state index contributed by atoms with van der Waals surface area (Å²) in [5.74, 6) is 2.18. The number of nitrogens with zero attached hydrogens (tertiary/aromatic N) is 2. The van der Waals surface area contributed by atoms with E-state index in [1.807, 2.05) is 30.3 Å². The molecule has 0 fully saturated rings. The van der Waals surface area contributed by atoms with Gasteiger partial charge in [-0.05, 0) is 36.8 Å². The fourth-order valence-corrected chi connectivity index (χ4v) is 3.88. The number of methoxy groups -OCH3 is 2. The highest BCUT2D eigenvalue weighted by atomic mass is 32.1. The molecule has 6 heteroatoms. The van der Waals surface area contributed by atoms with Crippen molar-refractivity contribution in [2.45, 2.75) is 6.92 Å². The summed E-state index contributed by atoms with van der Waals surface area (Å²) in [5.41, 5.74) is 4.30. The van der Waals surface area contributed by atoms with Crippen molar-refractivity contribution in [3.05, 3.63) is 59.7 Å². The number of fused-ring (bicyclic) bond motifs is 1. The quantitative estimate of drug-likeness (QED) is 0.503. The molecule has 0 radical (unpaired) electrons. The molecule has 0 unspecified atom stereocenters. The highest BCUT2D eigenvalue weighted by Gasteiger charge is 2.15. The minimum Gasteiger partial charge on any atom is -0.493 e. The average molecular weight is 377 g/mol. The number of hydrogen-bond acceptors (Lipinski definition) is 6. The van der Waals surface area contributed by atoms with E-state index in [0.717, 1.165) is 32.8 Å². The predicted molar refractivity (Wildman–Crippen MR) is 110 cm³/mol. The van der Waals surface area contributed by atoms with Crippen molar-refractivity contribution in [2.75, 3.05) is 19.5 Å². The van der Waals surface area contributed by atoms with E-state index in [2.05, 4.69) is 39.7 Å². The van der Waals surface area contributed by atoms with Gasteiger partial charge in [0.15, 0.2) is 11.5 Å². The normalized spacial score (nSPS) is 10.8. The highest BCUT2D eigenvalue weighted by molar-refractivity contribution is 7.17. The van der Waals surface area contributed by atoms with Crippen LogP contribution in [0.5, 0.6) is 11.5 Å². The van der Waals surface area contributed by atoms with E-state index in [0.29, 0.717) is 11.5 Å². The Hall–Kier alpha value is -3.12. The van der Waals surface area contributed by atoms with Gasteiger partial charge < -0.3 is 14.8 Å². The van der Waals surface area contributed by atoms with E-state index in [-0.39, 0.29) is 0 Å². The number of nitrogens with one attached hydrogen (secondary N) is 1. The Morgan fingerprint density at radius 1 is 0.926 bits per heavy atom. The summed E-state index contributed by atoms with van der Waals surface area (Å²) in [6.45, 7) is 2.07. The lowest BCUT2D eigenvalue weighted by Gasteiger charge is -2.11. The summed E-state index contributed by atoms with van der Waals surface area (Å²) in [4.78, 5) is 9.85. The maximum absolute atomic E-state index is 5.46. The summed E-state index contributed by atoms with van der Waals surface area (Å²) < 4.78 is 10.8. The van der Waals surface area contributed by atoms with Gasteiger partial charge in [0, 0.05) is 16.6 Å². The molecule has 5 nitrogen and oxygen atoms in total. The van der Waals surface area contributed by atoms with Gasteiger partial charge in [-0.2, -0.15) is 0 Å². The van der Waals surface area contributed by atoms with Crippen LogP contribution in [0.15, 0.2) is 54.2 Å². The summed E-state index contributed by atoms with van der Waals surface area (Å²) in [5, 5.41) is 6.51. The minimum atomic E-state index is 0.694. The van der Waals surface area contributed by atoms with Crippen LogP contribution in [0, 0.1) is 6.92 Å². The zero-order valence-corrected chi connectivity index (χ0v) is 16.1. The van der Waals surface area contributed by atoms with Gasteiger partial charge in [-0.15, -0.1) is 11.3 Å². The van der Waals surface area contributed by atoms with Gasteiger partial charge in [-0.3, -0.25) is 0 Å². The van der Waals surface area contributed by atoms with Gasteiger partial charge in [-0.1, -0.05) is 23.8 Å². The lowest BCUT2D eigenvalue weighted by molar-refractivity contribution is 0.355. The van der Waals surface area contributed by atoms with Crippen molar-refractivity contribution in [3.8, 4) is 22.6 Å². The van der Waals surface area contributed by atoms with E-state index in [1.165, 1.54) is 5.56 Å². The fraction of sp³-hybridized carbons (Fsp3) is 0.143. The summed E-state index contributed by atoms with van der Waals surface area (Å²) in [7, 11) is 3.27. The average Bonchev–Trinajstić information content (AvgIpc) is 3.14. The molecule has 1 N–H and O–H groups in total. The van der Waals surface area contributed by atoms with E-state index in [1.54, 1.807) is 31.9 Å². The first-order chi connectivity index (χ1) is 13.2. The second-order valence-corrected chi connectivity index (χ2v) is 6.97. The van der Waals surface area contributed by atoms with Gasteiger partial charge in [0.05, 0.1) is 19.6 Å². The Labute approximate surface area is 161 Å². The fourth-order valence-electron chi connectivity index (χ4n) is 2.96. The maximum Gasteiger partial charge on any atom is 0.161 e. The maximum atomic E-state index is 5.46. The van der Waals surface area contributed by atoms with Crippen LogP contribution in [0.3, 0.4) is 0 Å². The van der Waals surface area contributed by atoms with Crippen molar-refractivity contribution < 1.29 is 9.47 Å². The molecule has 0 spiro atoms. The van der Waals surface area contributed by atoms with Crippen molar-refractivity contribution in [1.82, 2.24) is 9.97 Å². The Kier molecular flexibility index (Phi) is 4.64. The van der Waals surface area contributed by atoms with Crippen LogP contribution in [0.2, 0.25) is 0 Å². The van der Waals surface area contributed by atoms with Crippen LogP contribution in [0.4, 0.5) is 11.5 Å². The highest BCUT2D eigenvalue weighted by Crippen LogP contribution is 2.40. The standard InChI is InChI=1S/C21H19N3O2S/c1-13-4-7-15(8-5-13)24-20-19-16(11-27-21(19)23-12-22-20)14-6-9-17(25-2)18(10-14)26-3/h4-12H,1-3H3,(H,22,23,24). The number of benzene rings is 2. The molecule has 0 aliphatic carbocycles. The lowest BCUT2D eigenvalue weighted by Crippen LogP contribution is -1.96. The molecule has 136 valence electrons. The number of rotatable bonds is 5. The van der Waals surface area contributed by atoms with Crippen LogP contribution < -0.4 is 14.8 Å². The second kappa shape index (κ2) is 7.25. The molecule has 2 heterocycles. The van der Waals surface area contributed by atoms with Crippen molar-refractivity contribution >= 4 is 33.1 Å². The number of anilines is 2. The second-order valence-electron chi connectivity index (χ2n) is 6.11. The zero-order chi connectivity index (χ0) is 18.8. The van der Waals surface area contributed by atoms with Crippen molar-refractivity contribution in [3.63, 3.8) is 0 Å². The molecule has 4 aromatic rings. The Morgan fingerprint density at radius 2 is 1.70 bits per heavy atom. The summed E-state index contributed by atoms with van der Waals surface area (Å²) in [6.07, 6.45) is 1.59. The SMILES string of the molecule is COc1ccc(-c2csc3ncnc(Nc4ccc(C)cc4)c23)cc1OC. The largest absolute Gasteiger partial charge is 0.493 e.